The fraction of sp³-hybridized carbons (Fsp3) is 0.0789. The molecule has 0 radical (unpaired) electrons. The van der Waals surface area contributed by atoms with E-state index >= 15 is 0 Å². The molecule has 3 N–H and O–H groups in total. The van der Waals surface area contributed by atoms with Crippen LogP contribution < -0.4 is 20.7 Å². The van der Waals surface area contributed by atoms with E-state index in [-0.39, 0.29) is 11.6 Å². The maximum Gasteiger partial charge on any atom is 0.272 e. The highest BCUT2D eigenvalue weighted by Gasteiger charge is 2.23. The average Bonchev–Trinajstić information content (AvgIpc) is 3.10. The molecule has 0 bridgehead atoms. The Kier molecular flexibility index (Phi) is 11.5. The van der Waals surface area contributed by atoms with Gasteiger partial charge in [0.25, 0.3) is 11.8 Å². The number of benzene rings is 5. The van der Waals surface area contributed by atoms with Crippen LogP contribution in [0.4, 0.5) is 11.4 Å². The second kappa shape index (κ2) is 16.3. The Morgan fingerprint density at radius 2 is 1.34 bits per heavy atom. The van der Waals surface area contributed by atoms with Gasteiger partial charge in [-0.05, 0) is 96.9 Å². The summed E-state index contributed by atoms with van der Waals surface area (Å²) in [5.41, 5.74) is 3.21. The first-order chi connectivity index (χ1) is 22.9. The predicted molar refractivity (Wildman–Crippen MR) is 190 cm³/mol. The third kappa shape index (κ3) is 9.59. The molecule has 0 aromatic heterocycles. The third-order valence-corrected chi connectivity index (χ3v) is 8.37. The standard InChI is InChI=1S/C38H32ClN3O4S/c1-2-46-32-21-17-30(18-22-32)41-38(45)35(27-9-5-3-6-10-27)47-33-23-19-31(20-24-33)40-37(44)34(25-26-13-15-29(39)16-14-26)42-36(43)28-11-7-4-8-12-28/h3-25,35H,2H2,1H3,(H,40,44)(H,41,45)(H,42,43)/b34-25-. The SMILES string of the molecule is CCOc1ccc(NC(=O)C(Sc2ccc(NC(=O)/C(=C/c3ccc(Cl)cc3)NC(=O)c3ccccc3)cc2)c2ccccc2)cc1. The molecule has 7 nitrogen and oxygen atoms in total. The lowest BCUT2D eigenvalue weighted by molar-refractivity contribution is -0.116. The van der Waals surface area contributed by atoms with Crippen LogP contribution in [0.5, 0.6) is 5.75 Å². The van der Waals surface area contributed by atoms with Crippen molar-refractivity contribution < 1.29 is 19.1 Å². The van der Waals surface area contributed by atoms with Crippen LogP contribution in [0, 0.1) is 0 Å². The van der Waals surface area contributed by atoms with Crippen molar-refractivity contribution in [2.45, 2.75) is 17.1 Å². The van der Waals surface area contributed by atoms with Gasteiger partial charge in [0.1, 0.15) is 16.7 Å². The molecule has 1 atom stereocenters. The lowest BCUT2D eigenvalue weighted by Crippen LogP contribution is -2.30. The molecule has 1 unspecified atom stereocenters. The van der Waals surface area contributed by atoms with Crippen LogP contribution >= 0.6 is 23.4 Å². The summed E-state index contributed by atoms with van der Waals surface area (Å²) in [6.07, 6.45) is 1.59. The number of anilines is 2. The van der Waals surface area contributed by atoms with Crippen molar-refractivity contribution in [1.29, 1.82) is 0 Å². The highest BCUT2D eigenvalue weighted by Crippen LogP contribution is 2.37. The predicted octanol–water partition coefficient (Wildman–Crippen LogP) is 8.62. The number of carbonyl (C=O) groups is 3. The van der Waals surface area contributed by atoms with Gasteiger partial charge < -0.3 is 20.7 Å². The Balaban J connectivity index is 1.30. The van der Waals surface area contributed by atoms with E-state index in [1.807, 2.05) is 79.7 Å². The monoisotopic (exact) mass is 661 g/mol. The van der Waals surface area contributed by atoms with Gasteiger partial charge in [0.15, 0.2) is 0 Å². The fourth-order valence-corrected chi connectivity index (χ4v) is 5.68. The van der Waals surface area contributed by atoms with Crippen LogP contribution in [0.15, 0.2) is 144 Å². The zero-order valence-corrected chi connectivity index (χ0v) is 27.1. The molecule has 236 valence electrons. The molecular weight excluding hydrogens is 630 g/mol. The Morgan fingerprint density at radius 1 is 0.745 bits per heavy atom. The second-order valence-corrected chi connectivity index (χ2v) is 11.9. The molecule has 0 aliphatic rings. The number of nitrogens with one attached hydrogen (secondary N) is 3. The molecule has 5 aromatic rings. The molecule has 9 heteroatoms. The number of halogens is 1. The molecule has 0 saturated carbocycles. The van der Waals surface area contributed by atoms with Crippen LogP contribution in [0.1, 0.15) is 33.7 Å². The molecule has 47 heavy (non-hydrogen) atoms. The summed E-state index contributed by atoms with van der Waals surface area (Å²) < 4.78 is 5.50. The number of hydrogen-bond acceptors (Lipinski definition) is 5. The van der Waals surface area contributed by atoms with Crippen molar-refractivity contribution in [3.05, 3.63) is 161 Å². The maximum absolute atomic E-state index is 13.5. The highest BCUT2D eigenvalue weighted by molar-refractivity contribution is 8.00. The first-order valence-electron chi connectivity index (χ1n) is 14.9. The number of hydrogen-bond donors (Lipinski definition) is 3. The van der Waals surface area contributed by atoms with E-state index in [1.165, 1.54) is 11.8 Å². The summed E-state index contributed by atoms with van der Waals surface area (Å²) >= 11 is 7.43. The van der Waals surface area contributed by atoms with E-state index in [1.54, 1.807) is 66.7 Å². The molecule has 0 aliphatic carbocycles. The van der Waals surface area contributed by atoms with Gasteiger partial charge in [-0.2, -0.15) is 0 Å². The van der Waals surface area contributed by atoms with Gasteiger partial charge in [-0.25, -0.2) is 0 Å². The van der Waals surface area contributed by atoms with Crippen molar-refractivity contribution in [1.82, 2.24) is 5.32 Å². The van der Waals surface area contributed by atoms with Crippen LogP contribution in [0.2, 0.25) is 5.02 Å². The van der Waals surface area contributed by atoms with E-state index < -0.39 is 17.1 Å². The second-order valence-electron chi connectivity index (χ2n) is 10.3. The van der Waals surface area contributed by atoms with E-state index in [9.17, 15) is 14.4 Å². The number of amides is 3. The molecule has 0 heterocycles. The first kappa shape index (κ1) is 33.1. The van der Waals surface area contributed by atoms with Gasteiger partial charge in [-0.3, -0.25) is 14.4 Å². The highest BCUT2D eigenvalue weighted by atomic mass is 35.5. The number of ether oxygens (including phenoxy) is 1. The van der Waals surface area contributed by atoms with Crippen molar-refractivity contribution in [3.8, 4) is 5.75 Å². The minimum absolute atomic E-state index is 0.0646. The zero-order valence-electron chi connectivity index (χ0n) is 25.5. The molecule has 0 saturated heterocycles. The summed E-state index contributed by atoms with van der Waals surface area (Å²) in [6, 6.07) is 39.6. The third-order valence-electron chi connectivity index (χ3n) is 6.85. The zero-order chi connectivity index (χ0) is 33.0. The largest absolute Gasteiger partial charge is 0.494 e. The van der Waals surface area contributed by atoms with Crippen molar-refractivity contribution in [2.75, 3.05) is 17.2 Å². The maximum atomic E-state index is 13.5. The van der Waals surface area contributed by atoms with Crippen LogP contribution in [0.25, 0.3) is 6.08 Å². The summed E-state index contributed by atoms with van der Waals surface area (Å²) in [7, 11) is 0. The van der Waals surface area contributed by atoms with Gasteiger partial charge in [0.2, 0.25) is 5.91 Å². The molecular formula is C38H32ClN3O4S. The average molecular weight is 662 g/mol. The number of carbonyl (C=O) groups excluding carboxylic acids is 3. The van der Waals surface area contributed by atoms with Gasteiger partial charge in [0.05, 0.1) is 6.61 Å². The molecule has 0 fully saturated rings. The Bertz CT molecular complexity index is 1830. The summed E-state index contributed by atoms with van der Waals surface area (Å²) in [5.74, 6) is -0.351. The Morgan fingerprint density at radius 3 is 1.98 bits per heavy atom. The fourth-order valence-electron chi connectivity index (χ4n) is 4.53. The molecule has 5 aromatic carbocycles. The Hall–Kier alpha value is -5.31. The van der Waals surface area contributed by atoms with Crippen molar-refractivity contribution in [3.63, 3.8) is 0 Å². The lowest BCUT2D eigenvalue weighted by atomic mass is 10.1. The van der Waals surface area contributed by atoms with Crippen LogP contribution in [0.3, 0.4) is 0 Å². The molecule has 0 aliphatic heterocycles. The number of thioether (sulfide) groups is 1. The minimum atomic E-state index is -0.537. The summed E-state index contributed by atoms with van der Waals surface area (Å²) in [5, 5.41) is 8.63. The van der Waals surface area contributed by atoms with E-state index in [4.69, 9.17) is 16.3 Å². The van der Waals surface area contributed by atoms with Crippen LogP contribution in [-0.4, -0.2) is 24.3 Å². The van der Waals surface area contributed by atoms with Gasteiger partial charge in [0, 0.05) is 26.9 Å². The Labute approximate surface area is 283 Å². The van der Waals surface area contributed by atoms with Crippen LogP contribution in [-0.2, 0) is 9.59 Å². The van der Waals surface area contributed by atoms with E-state index in [0.717, 1.165) is 16.2 Å². The quantitative estimate of drug-likeness (QED) is 0.0919. The van der Waals surface area contributed by atoms with E-state index in [2.05, 4.69) is 16.0 Å². The van der Waals surface area contributed by atoms with Gasteiger partial charge >= 0.3 is 0 Å². The van der Waals surface area contributed by atoms with Crippen molar-refractivity contribution in [2.24, 2.45) is 0 Å². The van der Waals surface area contributed by atoms with Gasteiger partial charge in [-0.1, -0.05) is 72.3 Å². The van der Waals surface area contributed by atoms with Crippen molar-refractivity contribution >= 4 is 58.5 Å². The normalized spacial score (nSPS) is 11.7. The number of rotatable bonds is 12. The summed E-state index contributed by atoms with van der Waals surface area (Å²) in [6.45, 7) is 2.48. The topological polar surface area (TPSA) is 96.5 Å². The molecule has 3 amide bonds. The molecule has 5 rings (SSSR count). The summed E-state index contributed by atoms with van der Waals surface area (Å²) in [4.78, 5) is 40.7. The lowest BCUT2D eigenvalue weighted by Gasteiger charge is -2.18. The first-order valence-corrected chi connectivity index (χ1v) is 16.1. The molecule has 0 spiro atoms. The smallest absolute Gasteiger partial charge is 0.272 e. The van der Waals surface area contributed by atoms with Gasteiger partial charge in [-0.15, -0.1) is 11.8 Å². The minimum Gasteiger partial charge on any atom is -0.494 e. The van der Waals surface area contributed by atoms with E-state index in [0.29, 0.717) is 34.1 Å².